The molecule has 162 valence electrons. The van der Waals surface area contributed by atoms with Crippen molar-refractivity contribution in [3.05, 3.63) is 77.4 Å². The molecule has 3 heterocycles. The number of benzene rings is 1. The lowest BCUT2D eigenvalue weighted by Crippen LogP contribution is -2.14. The number of aryl methyl sites for hydroxylation is 2. The Kier molecular flexibility index (Phi) is 6.37. The molecule has 1 aromatic carbocycles. The van der Waals surface area contributed by atoms with E-state index in [1.807, 2.05) is 56.3 Å². The summed E-state index contributed by atoms with van der Waals surface area (Å²) >= 11 is 1.14. The molecule has 0 radical (unpaired) electrons. The van der Waals surface area contributed by atoms with Gasteiger partial charge in [-0.05, 0) is 48.9 Å². The monoisotopic (exact) mass is 447 g/mol. The predicted molar refractivity (Wildman–Crippen MR) is 122 cm³/mol. The molecule has 0 saturated carbocycles. The lowest BCUT2D eigenvalue weighted by atomic mass is 9.99. The van der Waals surface area contributed by atoms with Crippen LogP contribution in [-0.4, -0.2) is 33.2 Å². The number of carbonyl (C=O) groups excluding carboxylic acids is 1. The Labute approximate surface area is 189 Å². The fraction of sp³-hybridized carbons (Fsp3) is 0.174. The third-order valence-corrected chi connectivity index (χ3v) is 5.38. The number of hydrogen-bond acceptors (Lipinski definition) is 8. The molecule has 9 heteroatoms. The lowest BCUT2D eigenvalue weighted by molar-refractivity contribution is 0.102. The summed E-state index contributed by atoms with van der Waals surface area (Å²) < 4.78 is 11.1. The molecule has 0 saturated heterocycles. The van der Waals surface area contributed by atoms with Crippen molar-refractivity contribution in [2.45, 2.75) is 20.5 Å². The summed E-state index contributed by atoms with van der Waals surface area (Å²) in [6, 6.07) is 13.2. The average Bonchev–Trinajstić information content (AvgIpc) is 3.25. The van der Waals surface area contributed by atoms with Gasteiger partial charge in [-0.25, -0.2) is 0 Å². The zero-order chi connectivity index (χ0) is 22.5. The van der Waals surface area contributed by atoms with Crippen LogP contribution >= 0.6 is 11.3 Å². The van der Waals surface area contributed by atoms with Gasteiger partial charge in [0.15, 0.2) is 0 Å². The highest BCUT2D eigenvalue weighted by Crippen LogP contribution is 2.33. The molecular formula is C23H21N5O3S. The molecule has 0 atom stereocenters. The number of amides is 1. The van der Waals surface area contributed by atoms with Gasteiger partial charge in [-0.15, -0.1) is 5.10 Å². The van der Waals surface area contributed by atoms with Crippen LogP contribution in [0.25, 0.3) is 11.1 Å². The number of ether oxygens (including phenoxy) is 2. The van der Waals surface area contributed by atoms with Crippen LogP contribution in [0.4, 0.5) is 5.13 Å². The molecule has 32 heavy (non-hydrogen) atoms. The number of rotatable bonds is 7. The number of anilines is 1. The first kappa shape index (κ1) is 21.4. The quantitative estimate of drug-likeness (QED) is 0.447. The second-order valence-electron chi connectivity index (χ2n) is 7.01. The maximum atomic E-state index is 13.0. The smallest absolute Gasteiger partial charge is 0.296 e. The maximum Gasteiger partial charge on any atom is 0.296 e. The van der Waals surface area contributed by atoms with Crippen LogP contribution in [0.2, 0.25) is 0 Å². The second kappa shape index (κ2) is 9.52. The Morgan fingerprint density at radius 1 is 1.03 bits per heavy atom. The Morgan fingerprint density at radius 3 is 2.66 bits per heavy atom. The van der Waals surface area contributed by atoms with Crippen LogP contribution in [0.3, 0.4) is 0 Å². The summed E-state index contributed by atoms with van der Waals surface area (Å²) in [5.74, 6) is 0.324. The van der Waals surface area contributed by atoms with E-state index in [4.69, 9.17) is 9.47 Å². The summed E-state index contributed by atoms with van der Waals surface area (Å²) in [5, 5.41) is 11.4. The number of nitrogens with one attached hydrogen (secondary N) is 1. The minimum atomic E-state index is -0.346. The average molecular weight is 448 g/mol. The zero-order valence-corrected chi connectivity index (χ0v) is 18.6. The van der Waals surface area contributed by atoms with Gasteiger partial charge >= 0.3 is 0 Å². The molecule has 8 nitrogen and oxygen atoms in total. The van der Waals surface area contributed by atoms with Gasteiger partial charge < -0.3 is 9.47 Å². The van der Waals surface area contributed by atoms with Gasteiger partial charge in [-0.1, -0.05) is 29.4 Å². The maximum absolute atomic E-state index is 13.0. The third kappa shape index (κ3) is 4.89. The number of aromatic nitrogens is 4. The van der Waals surface area contributed by atoms with Gasteiger partial charge in [-0.2, -0.15) is 0 Å². The first-order valence-corrected chi connectivity index (χ1v) is 10.6. The van der Waals surface area contributed by atoms with Crippen molar-refractivity contribution in [2.24, 2.45) is 0 Å². The van der Waals surface area contributed by atoms with Gasteiger partial charge in [-0.3, -0.25) is 20.1 Å². The zero-order valence-electron chi connectivity index (χ0n) is 17.8. The van der Waals surface area contributed by atoms with Gasteiger partial charge in [0.1, 0.15) is 12.4 Å². The minimum Gasteiger partial charge on any atom is -0.496 e. The standard InChI is InChI=1S/C23H21N5O3S/c1-14-8-9-16(25-11-14)13-31-23-28-27-22(32-23)26-21(29)19-12-24-15(2)10-18(19)17-6-4-5-7-20(17)30-3/h4-12H,13H2,1-3H3,(H,26,27,29). The van der Waals surface area contributed by atoms with Crippen LogP contribution in [0, 0.1) is 13.8 Å². The van der Waals surface area contributed by atoms with Crippen molar-refractivity contribution in [1.29, 1.82) is 0 Å². The van der Waals surface area contributed by atoms with Crippen LogP contribution in [-0.2, 0) is 6.61 Å². The Morgan fingerprint density at radius 2 is 1.88 bits per heavy atom. The number of hydrogen-bond donors (Lipinski definition) is 1. The molecule has 0 unspecified atom stereocenters. The molecule has 1 N–H and O–H groups in total. The normalized spacial score (nSPS) is 10.6. The highest BCUT2D eigenvalue weighted by Gasteiger charge is 2.18. The summed E-state index contributed by atoms with van der Waals surface area (Å²) in [6.07, 6.45) is 3.33. The minimum absolute atomic E-state index is 0.267. The summed E-state index contributed by atoms with van der Waals surface area (Å²) in [7, 11) is 1.60. The molecule has 0 spiro atoms. The highest BCUT2D eigenvalue weighted by molar-refractivity contribution is 7.17. The Hall–Kier alpha value is -3.85. The summed E-state index contributed by atoms with van der Waals surface area (Å²) in [6.45, 7) is 4.11. The summed E-state index contributed by atoms with van der Waals surface area (Å²) in [5.41, 5.74) is 4.58. The van der Waals surface area contributed by atoms with E-state index in [1.54, 1.807) is 19.5 Å². The van der Waals surface area contributed by atoms with Gasteiger partial charge in [0.25, 0.3) is 11.1 Å². The van der Waals surface area contributed by atoms with Crippen molar-refractivity contribution in [1.82, 2.24) is 20.2 Å². The molecule has 4 rings (SSSR count). The van der Waals surface area contributed by atoms with Crippen molar-refractivity contribution in [3.63, 3.8) is 0 Å². The number of carbonyl (C=O) groups is 1. The van der Waals surface area contributed by atoms with Crippen LogP contribution < -0.4 is 14.8 Å². The van der Waals surface area contributed by atoms with E-state index in [0.29, 0.717) is 21.6 Å². The third-order valence-electron chi connectivity index (χ3n) is 4.63. The Balaban J connectivity index is 1.51. The van der Waals surface area contributed by atoms with Crippen molar-refractivity contribution >= 4 is 22.4 Å². The van der Waals surface area contributed by atoms with Gasteiger partial charge in [0.2, 0.25) is 5.13 Å². The topological polar surface area (TPSA) is 99.1 Å². The molecule has 0 fully saturated rings. The highest BCUT2D eigenvalue weighted by atomic mass is 32.1. The van der Waals surface area contributed by atoms with Crippen molar-refractivity contribution in [2.75, 3.05) is 12.4 Å². The first-order chi connectivity index (χ1) is 15.5. The fourth-order valence-corrected chi connectivity index (χ4v) is 3.62. The van der Waals surface area contributed by atoms with E-state index in [1.165, 1.54) is 0 Å². The van der Waals surface area contributed by atoms with E-state index in [2.05, 4.69) is 25.5 Å². The summed E-state index contributed by atoms with van der Waals surface area (Å²) in [4.78, 5) is 21.6. The van der Waals surface area contributed by atoms with E-state index in [0.717, 1.165) is 39.4 Å². The van der Waals surface area contributed by atoms with Crippen LogP contribution in [0.5, 0.6) is 10.9 Å². The fourth-order valence-electron chi connectivity index (χ4n) is 3.03. The number of methoxy groups -OCH3 is 1. The molecule has 0 bridgehead atoms. The molecule has 4 aromatic rings. The molecule has 0 aliphatic rings. The lowest BCUT2D eigenvalue weighted by Gasteiger charge is -2.13. The molecular weight excluding hydrogens is 426 g/mol. The number of para-hydroxylation sites is 1. The van der Waals surface area contributed by atoms with Crippen molar-refractivity contribution < 1.29 is 14.3 Å². The van der Waals surface area contributed by atoms with Crippen LogP contribution in [0.1, 0.15) is 27.3 Å². The van der Waals surface area contributed by atoms with E-state index in [-0.39, 0.29) is 12.5 Å². The molecule has 0 aliphatic heterocycles. The van der Waals surface area contributed by atoms with E-state index in [9.17, 15) is 4.79 Å². The van der Waals surface area contributed by atoms with Gasteiger partial charge in [0.05, 0.1) is 18.4 Å². The van der Waals surface area contributed by atoms with E-state index < -0.39 is 0 Å². The molecule has 3 aromatic heterocycles. The predicted octanol–water partition coefficient (Wildman–Crippen LogP) is 4.45. The van der Waals surface area contributed by atoms with Gasteiger partial charge in [0, 0.05) is 29.2 Å². The first-order valence-electron chi connectivity index (χ1n) is 9.82. The second-order valence-corrected chi connectivity index (χ2v) is 7.95. The van der Waals surface area contributed by atoms with E-state index >= 15 is 0 Å². The largest absolute Gasteiger partial charge is 0.496 e. The SMILES string of the molecule is COc1ccccc1-c1cc(C)ncc1C(=O)Nc1nnc(OCc2ccc(C)cn2)s1. The molecule has 0 aliphatic carbocycles. The van der Waals surface area contributed by atoms with Crippen molar-refractivity contribution in [3.8, 4) is 22.1 Å². The van der Waals surface area contributed by atoms with Crippen LogP contribution in [0.15, 0.2) is 54.9 Å². The number of nitrogens with zero attached hydrogens (tertiary/aromatic N) is 4. The number of pyridine rings is 2. The Bertz CT molecular complexity index is 1240. The molecule has 1 amide bonds.